The molecule has 1 aliphatic heterocycles. The van der Waals surface area contributed by atoms with Crippen LogP contribution in [-0.4, -0.2) is 37.5 Å². The van der Waals surface area contributed by atoms with Gasteiger partial charge in [-0.1, -0.05) is 26.0 Å². The minimum atomic E-state index is -0.301. The molecule has 0 saturated carbocycles. The van der Waals surface area contributed by atoms with Gasteiger partial charge in [0.1, 0.15) is 6.42 Å². The Bertz CT molecular complexity index is 890. The molecule has 0 unspecified atom stereocenters. The number of hydrogen-bond acceptors (Lipinski definition) is 4. The Kier molecular flexibility index (Phi) is 6.42. The zero-order valence-electron chi connectivity index (χ0n) is 17.5. The highest BCUT2D eigenvalue weighted by Gasteiger charge is 2.24. The molecule has 6 nitrogen and oxygen atoms in total. The number of benzene rings is 2. The summed E-state index contributed by atoms with van der Waals surface area (Å²) in [5.74, 6) is 1.28. The number of carbonyl (C=O) groups excluding carboxylic acids is 2. The normalized spacial score (nSPS) is 13.1. The van der Waals surface area contributed by atoms with Crippen LogP contribution >= 0.6 is 0 Å². The minimum Gasteiger partial charge on any atom is -0.493 e. The molecule has 0 bridgehead atoms. The number of amides is 2. The molecule has 0 atom stereocenters. The largest absolute Gasteiger partial charge is 0.493 e. The number of nitrogens with zero attached hydrogens (tertiary/aromatic N) is 1. The Morgan fingerprint density at radius 1 is 1.03 bits per heavy atom. The van der Waals surface area contributed by atoms with Crippen molar-refractivity contribution in [3.05, 3.63) is 53.1 Å². The lowest BCUT2D eigenvalue weighted by atomic mass is 9.98. The van der Waals surface area contributed by atoms with E-state index in [4.69, 9.17) is 9.47 Å². The van der Waals surface area contributed by atoms with Gasteiger partial charge in [0.25, 0.3) is 0 Å². The van der Waals surface area contributed by atoms with Crippen molar-refractivity contribution in [1.29, 1.82) is 0 Å². The third-order valence-electron chi connectivity index (χ3n) is 5.24. The van der Waals surface area contributed by atoms with Crippen LogP contribution in [0, 0.1) is 0 Å². The molecule has 0 saturated heterocycles. The van der Waals surface area contributed by atoms with Crippen molar-refractivity contribution in [2.24, 2.45) is 0 Å². The maximum Gasteiger partial charge on any atom is 0.233 e. The number of fused-ring (bicyclic) bond motifs is 1. The summed E-state index contributed by atoms with van der Waals surface area (Å²) in [6.07, 6.45) is 0.550. The Balaban J connectivity index is 1.60. The van der Waals surface area contributed by atoms with Crippen LogP contribution < -0.4 is 14.8 Å². The zero-order valence-corrected chi connectivity index (χ0v) is 17.5. The molecule has 154 valence electrons. The van der Waals surface area contributed by atoms with Gasteiger partial charge in [0, 0.05) is 18.8 Å². The quantitative estimate of drug-likeness (QED) is 0.756. The second kappa shape index (κ2) is 8.99. The number of carbonyl (C=O) groups is 2. The Morgan fingerprint density at radius 3 is 2.24 bits per heavy atom. The third-order valence-corrected chi connectivity index (χ3v) is 5.24. The van der Waals surface area contributed by atoms with Gasteiger partial charge in [-0.15, -0.1) is 0 Å². The number of ether oxygens (including phenoxy) is 2. The monoisotopic (exact) mass is 396 g/mol. The Labute approximate surface area is 171 Å². The second-order valence-electron chi connectivity index (χ2n) is 7.54. The van der Waals surface area contributed by atoms with E-state index in [2.05, 4.69) is 19.2 Å². The summed E-state index contributed by atoms with van der Waals surface area (Å²) in [7, 11) is 3.20. The van der Waals surface area contributed by atoms with Crippen LogP contribution in [0.2, 0.25) is 0 Å². The van der Waals surface area contributed by atoms with Crippen molar-refractivity contribution < 1.29 is 19.1 Å². The summed E-state index contributed by atoms with van der Waals surface area (Å²) in [6.45, 7) is 5.28. The van der Waals surface area contributed by atoms with E-state index in [1.807, 2.05) is 36.4 Å². The molecule has 1 aliphatic rings. The molecule has 0 fully saturated rings. The summed E-state index contributed by atoms with van der Waals surface area (Å²) in [4.78, 5) is 26.7. The maximum atomic E-state index is 12.6. The smallest absolute Gasteiger partial charge is 0.233 e. The van der Waals surface area contributed by atoms with Crippen molar-refractivity contribution in [2.45, 2.75) is 39.2 Å². The molecule has 3 rings (SSSR count). The topological polar surface area (TPSA) is 67.9 Å². The number of anilines is 1. The Hall–Kier alpha value is -3.02. The summed E-state index contributed by atoms with van der Waals surface area (Å²) in [6, 6.07) is 11.6. The van der Waals surface area contributed by atoms with Crippen molar-refractivity contribution in [3.63, 3.8) is 0 Å². The van der Waals surface area contributed by atoms with Crippen molar-refractivity contribution in [3.8, 4) is 11.5 Å². The van der Waals surface area contributed by atoms with E-state index in [1.54, 1.807) is 19.1 Å². The van der Waals surface area contributed by atoms with E-state index < -0.39 is 0 Å². The first-order chi connectivity index (χ1) is 13.9. The van der Waals surface area contributed by atoms with E-state index in [-0.39, 0.29) is 18.2 Å². The minimum absolute atomic E-state index is 0.172. The van der Waals surface area contributed by atoms with Gasteiger partial charge < -0.3 is 19.7 Å². The molecular weight excluding hydrogens is 368 g/mol. The average molecular weight is 396 g/mol. The van der Waals surface area contributed by atoms with E-state index in [9.17, 15) is 9.59 Å². The molecule has 0 radical (unpaired) electrons. The SMILES string of the molecule is COc1cc2c(cc1OC)CN(C(=O)CC(=O)Nc1ccc(C(C)C)cc1)CC2. The van der Waals surface area contributed by atoms with Gasteiger partial charge >= 0.3 is 0 Å². The van der Waals surface area contributed by atoms with Crippen LogP contribution in [0.1, 0.15) is 42.9 Å². The average Bonchev–Trinajstić information content (AvgIpc) is 2.72. The predicted octanol–water partition coefficient (Wildman–Crippen LogP) is 3.74. The lowest BCUT2D eigenvalue weighted by Gasteiger charge is -2.29. The zero-order chi connectivity index (χ0) is 21.0. The van der Waals surface area contributed by atoms with Crippen LogP contribution in [0.25, 0.3) is 0 Å². The van der Waals surface area contributed by atoms with Crippen LogP contribution in [0.15, 0.2) is 36.4 Å². The second-order valence-corrected chi connectivity index (χ2v) is 7.54. The van der Waals surface area contributed by atoms with Crippen LogP contribution in [-0.2, 0) is 22.6 Å². The summed E-state index contributed by atoms with van der Waals surface area (Å²) >= 11 is 0. The first-order valence-corrected chi connectivity index (χ1v) is 9.82. The lowest BCUT2D eigenvalue weighted by molar-refractivity contribution is -0.135. The predicted molar refractivity (Wildman–Crippen MR) is 112 cm³/mol. The van der Waals surface area contributed by atoms with E-state index >= 15 is 0 Å². The molecular formula is C23H28N2O4. The number of methoxy groups -OCH3 is 2. The molecule has 2 aromatic rings. The fourth-order valence-electron chi connectivity index (χ4n) is 3.50. The molecule has 0 aromatic heterocycles. The number of rotatable bonds is 6. The first-order valence-electron chi connectivity index (χ1n) is 9.82. The highest BCUT2D eigenvalue weighted by Crippen LogP contribution is 2.33. The molecule has 6 heteroatoms. The van der Waals surface area contributed by atoms with Gasteiger partial charge in [-0.25, -0.2) is 0 Å². The highest BCUT2D eigenvalue weighted by atomic mass is 16.5. The molecule has 0 spiro atoms. The van der Waals surface area contributed by atoms with Crippen LogP contribution in [0.3, 0.4) is 0 Å². The number of nitrogens with one attached hydrogen (secondary N) is 1. The van der Waals surface area contributed by atoms with Crippen LogP contribution in [0.4, 0.5) is 5.69 Å². The molecule has 2 aromatic carbocycles. The maximum absolute atomic E-state index is 12.6. The molecule has 1 heterocycles. The first kappa shape index (κ1) is 20.7. The van der Waals surface area contributed by atoms with Gasteiger partial charge in [-0.3, -0.25) is 9.59 Å². The molecule has 29 heavy (non-hydrogen) atoms. The van der Waals surface area contributed by atoms with Gasteiger partial charge in [0.05, 0.1) is 14.2 Å². The lowest BCUT2D eigenvalue weighted by Crippen LogP contribution is -2.37. The van der Waals surface area contributed by atoms with Gasteiger partial charge in [-0.2, -0.15) is 0 Å². The number of hydrogen-bond donors (Lipinski definition) is 1. The summed E-state index contributed by atoms with van der Waals surface area (Å²) in [5, 5.41) is 2.81. The highest BCUT2D eigenvalue weighted by molar-refractivity contribution is 6.03. The summed E-state index contributed by atoms with van der Waals surface area (Å²) < 4.78 is 10.7. The van der Waals surface area contributed by atoms with E-state index in [1.165, 1.54) is 5.56 Å². The van der Waals surface area contributed by atoms with Gasteiger partial charge in [-0.05, 0) is 53.3 Å². The van der Waals surface area contributed by atoms with Crippen molar-refractivity contribution >= 4 is 17.5 Å². The van der Waals surface area contributed by atoms with Gasteiger partial charge in [0.2, 0.25) is 11.8 Å². The van der Waals surface area contributed by atoms with E-state index in [0.717, 1.165) is 17.5 Å². The molecule has 0 aliphatic carbocycles. The van der Waals surface area contributed by atoms with Crippen LogP contribution in [0.5, 0.6) is 11.5 Å². The fourth-order valence-corrected chi connectivity index (χ4v) is 3.50. The molecule has 2 amide bonds. The van der Waals surface area contributed by atoms with Gasteiger partial charge in [0.15, 0.2) is 11.5 Å². The molecule has 1 N–H and O–H groups in total. The summed E-state index contributed by atoms with van der Waals surface area (Å²) in [5.41, 5.74) is 4.07. The van der Waals surface area contributed by atoms with E-state index in [0.29, 0.717) is 36.2 Å². The standard InChI is InChI=1S/C23H28N2O4/c1-15(2)16-5-7-19(8-6-16)24-22(26)13-23(27)25-10-9-17-11-20(28-3)21(29-4)12-18(17)14-25/h5-8,11-12,15H,9-10,13-14H2,1-4H3,(H,24,26). The third kappa shape index (κ3) is 4.88. The van der Waals surface area contributed by atoms with Crippen molar-refractivity contribution in [1.82, 2.24) is 4.90 Å². The van der Waals surface area contributed by atoms with Crippen molar-refractivity contribution in [2.75, 3.05) is 26.1 Å². The Morgan fingerprint density at radius 2 is 1.66 bits per heavy atom. The fraction of sp³-hybridized carbons (Fsp3) is 0.391.